The van der Waals surface area contributed by atoms with E-state index in [4.69, 9.17) is 9.97 Å². The molecule has 0 bridgehead atoms. The van der Waals surface area contributed by atoms with Gasteiger partial charge in [-0.25, -0.2) is 9.37 Å². The van der Waals surface area contributed by atoms with Gasteiger partial charge in [-0.1, -0.05) is 12.1 Å². The molecule has 4 aromatic rings. The zero-order valence-electron chi connectivity index (χ0n) is 20.2. The molecule has 1 saturated heterocycles. The molecule has 0 aliphatic carbocycles. The summed E-state index contributed by atoms with van der Waals surface area (Å²) in [6.07, 6.45) is 3.22. The van der Waals surface area contributed by atoms with E-state index in [1.54, 1.807) is 35.5 Å². The predicted molar refractivity (Wildman–Crippen MR) is 143 cm³/mol. The van der Waals surface area contributed by atoms with Gasteiger partial charge in [-0.15, -0.1) is 11.3 Å². The van der Waals surface area contributed by atoms with Crippen LogP contribution in [0.5, 0.6) is 0 Å². The summed E-state index contributed by atoms with van der Waals surface area (Å²) in [4.78, 5) is 12.3. The maximum atomic E-state index is 14.6. The van der Waals surface area contributed by atoms with Gasteiger partial charge in [0.15, 0.2) is 0 Å². The highest BCUT2D eigenvalue weighted by Gasteiger charge is 2.29. The van der Waals surface area contributed by atoms with Gasteiger partial charge < -0.3 is 20.1 Å². The molecule has 184 valence electrons. The first-order valence-corrected chi connectivity index (χ1v) is 15.0. The Hall–Kier alpha value is -2.81. The fourth-order valence-corrected chi connectivity index (χ4v) is 6.54. The van der Waals surface area contributed by atoms with E-state index in [-0.39, 0.29) is 6.04 Å². The molecule has 0 radical (unpaired) electrons. The number of rotatable bonds is 6. The van der Waals surface area contributed by atoms with E-state index in [0.717, 1.165) is 33.3 Å². The monoisotopic (exact) mass is 513 g/mol. The molecule has 0 saturated carbocycles. The van der Waals surface area contributed by atoms with Crippen molar-refractivity contribution in [3.63, 3.8) is 0 Å². The van der Waals surface area contributed by atoms with E-state index in [1.807, 2.05) is 54.7 Å². The second-order valence-corrected chi connectivity index (χ2v) is 13.5. The van der Waals surface area contributed by atoms with Crippen LogP contribution < -0.4 is 15.9 Å². The van der Waals surface area contributed by atoms with E-state index >= 15 is 0 Å². The van der Waals surface area contributed by atoms with E-state index in [0.29, 0.717) is 30.4 Å². The van der Waals surface area contributed by atoms with Gasteiger partial charge in [0.1, 0.15) is 24.0 Å². The number of aryl methyl sites for hydroxylation is 1. The summed E-state index contributed by atoms with van der Waals surface area (Å²) in [5.74, 6) is 1.05. The average molecular weight is 514 g/mol. The van der Waals surface area contributed by atoms with E-state index in [9.17, 15) is 8.96 Å². The molecule has 11 heteroatoms. The van der Waals surface area contributed by atoms with Crippen LogP contribution in [0.2, 0.25) is 0 Å². The third-order valence-electron chi connectivity index (χ3n) is 6.26. The minimum Gasteiger partial charge on any atom is -0.339 e. The summed E-state index contributed by atoms with van der Waals surface area (Å²) in [5.41, 5.74) is 2.53. The van der Waals surface area contributed by atoms with E-state index < -0.39 is 13.3 Å². The molecule has 1 fully saturated rings. The minimum atomic E-state index is -2.50. The Bertz CT molecular complexity index is 1410. The van der Waals surface area contributed by atoms with Gasteiger partial charge in [0.25, 0.3) is 0 Å². The number of nitrogens with zero attached hydrogens (tertiary/aromatic N) is 5. The number of alkyl halides is 1. The molecule has 0 amide bonds. The number of anilines is 4. The number of para-hydroxylation sites is 1. The highest BCUT2D eigenvalue weighted by Crippen LogP contribution is 2.39. The lowest BCUT2D eigenvalue weighted by Crippen LogP contribution is -2.40. The van der Waals surface area contributed by atoms with Crippen molar-refractivity contribution in [2.24, 2.45) is 0 Å². The molecule has 35 heavy (non-hydrogen) atoms. The summed E-state index contributed by atoms with van der Waals surface area (Å²) in [5, 5.41) is 14.8. The van der Waals surface area contributed by atoms with Crippen LogP contribution >= 0.6 is 18.5 Å². The van der Waals surface area contributed by atoms with Gasteiger partial charge in [-0.3, -0.25) is 4.68 Å². The number of hydrogen-bond donors (Lipinski definition) is 2. The number of piperidine rings is 1. The highest BCUT2D eigenvalue weighted by atomic mass is 32.1. The number of hydrogen-bond acceptors (Lipinski definition) is 8. The molecular weight excluding hydrogens is 484 g/mol. The van der Waals surface area contributed by atoms with Gasteiger partial charge in [0.05, 0.1) is 29.0 Å². The summed E-state index contributed by atoms with van der Waals surface area (Å²) in [6, 6.07) is 7.32. The van der Waals surface area contributed by atoms with Crippen molar-refractivity contribution in [1.82, 2.24) is 24.6 Å². The second kappa shape index (κ2) is 9.33. The van der Waals surface area contributed by atoms with Gasteiger partial charge >= 0.3 is 0 Å². The largest absolute Gasteiger partial charge is 0.339 e. The maximum Gasteiger partial charge on any atom is 0.230 e. The van der Waals surface area contributed by atoms with Crippen molar-refractivity contribution < 1.29 is 8.96 Å². The molecule has 0 unspecified atom stereocenters. The first kappa shape index (κ1) is 23.9. The lowest BCUT2D eigenvalue weighted by molar-refractivity contribution is 0.101. The summed E-state index contributed by atoms with van der Waals surface area (Å²) in [7, 11) is -0.567. The first-order valence-electron chi connectivity index (χ1n) is 11.5. The van der Waals surface area contributed by atoms with Crippen LogP contribution in [0.15, 0.2) is 42.0 Å². The fraction of sp³-hybridized carbons (Fsp3) is 0.375. The number of benzene rings is 1. The zero-order valence-corrected chi connectivity index (χ0v) is 21.9. The van der Waals surface area contributed by atoms with Crippen molar-refractivity contribution in [3.05, 3.63) is 47.6 Å². The van der Waals surface area contributed by atoms with Crippen molar-refractivity contribution in [3.8, 4) is 0 Å². The van der Waals surface area contributed by atoms with E-state index in [1.165, 1.54) is 0 Å². The van der Waals surface area contributed by atoms with Crippen LogP contribution in [-0.4, -0.2) is 64.3 Å². The molecule has 2 atom stereocenters. The molecule has 1 aliphatic heterocycles. The first-order chi connectivity index (χ1) is 16.7. The Morgan fingerprint density at radius 2 is 2.00 bits per heavy atom. The Morgan fingerprint density at radius 3 is 2.77 bits per heavy atom. The lowest BCUT2D eigenvalue weighted by Gasteiger charge is -2.32. The molecule has 3 aromatic heterocycles. The number of halogens is 1. The van der Waals surface area contributed by atoms with E-state index in [2.05, 4.69) is 15.7 Å². The van der Waals surface area contributed by atoms with Gasteiger partial charge in [-0.2, -0.15) is 10.1 Å². The molecule has 2 N–H and O–H groups in total. The lowest BCUT2D eigenvalue weighted by atomic mass is 10.0. The fourth-order valence-electron chi connectivity index (χ4n) is 4.46. The predicted octanol–water partition coefficient (Wildman–Crippen LogP) is 5.15. The van der Waals surface area contributed by atoms with Crippen LogP contribution in [0.1, 0.15) is 18.0 Å². The number of likely N-dealkylation sites (tertiary alicyclic amines) is 1. The molecule has 5 rings (SSSR count). The topological polar surface area (TPSA) is 88.0 Å². The standard InChI is InChI=1S/C24H29FN7OPS/c1-15-14-35-23-21(15)22(28-18-7-5-6-8-20(18)34(3,4)33)29-24(30-23)27-16-11-26-32(12-16)19-9-10-31(2)13-17(19)25/h5-8,11-12,14,17,19H,9-10,13H2,1-4H3,(H2,27,28,29,30)/t17-,19+/m0/s1. The zero-order chi connectivity index (χ0) is 24.7. The van der Waals surface area contributed by atoms with Crippen LogP contribution in [0.3, 0.4) is 0 Å². The molecular formula is C24H29FN7OPS. The van der Waals surface area contributed by atoms with Gasteiger partial charge in [0.2, 0.25) is 5.95 Å². The second-order valence-electron chi connectivity index (χ2n) is 9.46. The van der Waals surface area contributed by atoms with Crippen LogP contribution in [0.25, 0.3) is 10.2 Å². The Balaban J connectivity index is 1.46. The van der Waals surface area contributed by atoms with Crippen molar-refractivity contribution in [2.45, 2.75) is 25.6 Å². The van der Waals surface area contributed by atoms with Crippen LogP contribution in [-0.2, 0) is 4.57 Å². The van der Waals surface area contributed by atoms with Gasteiger partial charge in [0, 0.05) is 24.6 Å². The normalized spacial score (nSPS) is 19.2. The third-order valence-corrected chi connectivity index (χ3v) is 8.80. The minimum absolute atomic E-state index is 0.280. The molecule has 0 spiro atoms. The Kier molecular flexibility index (Phi) is 6.38. The molecule has 1 aromatic carbocycles. The highest BCUT2D eigenvalue weighted by molar-refractivity contribution is 7.70. The summed E-state index contributed by atoms with van der Waals surface area (Å²) in [6.45, 7) is 6.79. The number of nitrogens with one attached hydrogen (secondary N) is 2. The average Bonchev–Trinajstić information content (AvgIpc) is 3.40. The number of fused-ring (bicyclic) bond motifs is 1. The number of thiophene rings is 1. The Morgan fingerprint density at radius 1 is 1.20 bits per heavy atom. The number of aromatic nitrogens is 4. The molecule has 8 nitrogen and oxygen atoms in total. The summed E-state index contributed by atoms with van der Waals surface area (Å²) >= 11 is 1.54. The van der Waals surface area contributed by atoms with Crippen molar-refractivity contribution in [2.75, 3.05) is 44.1 Å². The maximum absolute atomic E-state index is 14.6. The molecule has 1 aliphatic rings. The molecule has 4 heterocycles. The van der Waals surface area contributed by atoms with Crippen molar-refractivity contribution >= 4 is 57.1 Å². The smallest absolute Gasteiger partial charge is 0.230 e. The third kappa shape index (κ3) is 4.96. The SMILES string of the molecule is Cc1csc2nc(Nc3cnn([C@@H]4CCN(C)C[C@@H]4F)c3)nc(Nc3ccccc3P(C)(C)=O)c12. The van der Waals surface area contributed by atoms with Gasteiger partial charge in [-0.05, 0) is 56.8 Å². The van der Waals surface area contributed by atoms with Crippen molar-refractivity contribution in [1.29, 1.82) is 0 Å². The Labute approximate surface area is 208 Å². The van der Waals surface area contributed by atoms with Crippen LogP contribution in [0, 0.1) is 6.92 Å². The summed E-state index contributed by atoms with van der Waals surface area (Å²) < 4.78 is 29.2. The quantitative estimate of drug-likeness (QED) is 0.345. The van der Waals surface area contributed by atoms with Crippen LogP contribution in [0.4, 0.5) is 27.5 Å².